The fourth-order valence-corrected chi connectivity index (χ4v) is 2.10. The molecule has 6 heteroatoms. The predicted octanol–water partition coefficient (Wildman–Crippen LogP) is 2.70. The lowest BCUT2D eigenvalue weighted by Crippen LogP contribution is -2.00. The Morgan fingerprint density at radius 2 is 1.76 bits per heavy atom. The zero-order valence-corrected chi connectivity index (χ0v) is 10.9. The number of rotatable bonds is 3. The van der Waals surface area contributed by atoms with Crippen LogP contribution < -0.4 is 0 Å². The smallest absolute Gasteiger partial charge is 0.125 e. The Bertz CT molecular complexity index is 769. The van der Waals surface area contributed by atoms with Gasteiger partial charge in [0.05, 0.1) is 12.3 Å². The van der Waals surface area contributed by atoms with Gasteiger partial charge in [-0.25, -0.2) is 13.5 Å². The molecule has 0 aliphatic heterocycles. The van der Waals surface area contributed by atoms with Crippen LogP contribution in [0.4, 0.5) is 8.78 Å². The van der Waals surface area contributed by atoms with Crippen LogP contribution in [0.1, 0.15) is 5.69 Å². The number of aliphatic hydroxyl groups excluding tert-OH is 1. The Kier molecular flexibility index (Phi) is 3.45. The third kappa shape index (κ3) is 2.53. The van der Waals surface area contributed by atoms with Crippen LogP contribution in [0.2, 0.25) is 0 Å². The SMILES string of the molecule is OCc1nnn(-c2cccc(F)c2)c1-c1ccc(F)cc1. The highest BCUT2D eigenvalue weighted by atomic mass is 19.1. The highest BCUT2D eigenvalue weighted by molar-refractivity contribution is 5.64. The summed E-state index contributed by atoms with van der Waals surface area (Å²) < 4.78 is 27.8. The summed E-state index contributed by atoms with van der Waals surface area (Å²) in [7, 11) is 0. The van der Waals surface area contributed by atoms with E-state index in [-0.39, 0.29) is 12.4 Å². The lowest BCUT2D eigenvalue weighted by Gasteiger charge is -2.08. The van der Waals surface area contributed by atoms with E-state index < -0.39 is 5.82 Å². The van der Waals surface area contributed by atoms with Crippen molar-refractivity contribution in [2.45, 2.75) is 6.61 Å². The van der Waals surface area contributed by atoms with Crippen molar-refractivity contribution in [2.75, 3.05) is 0 Å². The third-order valence-corrected chi connectivity index (χ3v) is 3.06. The van der Waals surface area contributed by atoms with E-state index in [2.05, 4.69) is 10.3 Å². The molecule has 1 heterocycles. The van der Waals surface area contributed by atoms with Crippen LogP contribution in [-0.2, 0) is 6.61 Å². The second-order valence-corrected chi connectivity index (χ2v) is 4.44. The molecule has 4 nitrogen and oxygen atoms in total. The Labute approximate surface area is 119 Å². The first kappa shape index (κ1) is 13.4. The Morgan fingerprint density at radius 3 is 2.43 bits per heavy atom. The van der Waals surface area contributed by atoms with Gasteiger partial charge in [-0.05, 0) is 42.5 Å². The molecule has 0 aliphatic rings. The van der Waals surface area contributed by atoms with Gasteiger partial charge in [0.15, 0.2) is 0 Å². The van der Waals surface area contributed by atoms with Gasteiger partial charge in [-0.2, -0.15) is 0 Å². The second kappa shape index (κ2) is 5.41. The fraction of sp³-hybridized carbons (Fsp3) is 0.0667. The maximum atomic E-state index is 13.4. The molecule has 0 atom stereocenters. The molecule has 0 aliphatic carbocycles. The minimum absolute atomic E-state index is 0.317. The summed E-state index contributed by atoms with van der Waals surface area (Å²) in [6.45, 7) is -0.317. The molecule has 3 rings (SSSR count). The minimum atomic E-state index is -0.404. The largest absolute Gasteiger partial charge is 0.390 e. The zero-order valence-electron chi connectivity index (χ0n) is 10.9. The van der Waals surface area contributed by atoms with Gasteiger partial charge in [-0.15, -0.1) is 5.10 Å². The van der Waals surface area contributed by atoms with E-state index >= 15 is 0 Å². The van der Waals surface area contributed by atoms with Crippen LogP contribution >= 0.6 is 0 Å². The monoisotopic (exact) mass is 287 g/mol. The first-order chi connectivity index (χ1) is 10.2. The van der Waals surface area contributed by atoms with E-state index in [0.29, 0.717) is 22.6 Å². The molecule has 3 aromatic rings. The molecule has 0 unspecified atom stereocenters. The van der Waals surface area contributed by atoms with E-state index in [9.17, 15) is 13.9 Å². The summed E-state index contributed by atoms with van der Waals surface area (Å²) in [5, 5.41) is 17.2. The average Bonchev–Trinajstić information content (AvgIpc) is 2.92. The molecule has 1 N–H and O–H groups in total. The van der Waals surface area contributed by atoms with E-state index in [1.807, 2.05) is 0 Å². The molecule has 21 heavy (non-hydrogen) atoms. The quantitative estimate of drug-likeness (QED) is 0.805. The summed E-state index contributed by atoms with van der Waals surface area (Å²) in [6, 6.07) is 11.6. The number of benzene rings is 2. The van der Waals surface area contributed by atoms with Crippen molar-refractivity contribution in [1.82, 2.24) is 15.0 Å². The van der Waals surface area contributed by atoms with Crippen molar-refractivity contribution in [3.05, 3.63) is 65.9 Å². The lowest BCUT2D eigenvalue weighted by atomic mass is 10.1. The van der Waals surface area contributed by atoms with Gasteiger partial charge in [0.25, 0.3) is 0 Å². The number of hydrogen-bond acceptors (Lipinski definition) is 3. The van der Waals surface area contributed by atoms with Crippen molar-refractivity contribution in [1.29, 1.82) is 0 Å². The average molecular weight is 287 g/mol. The molecule has 0 radical (unpaired) electrons. The van der Waals surface area contributed by atoms with E-state index in [4.69, 9.17) is 0 Å². The first-order valence-electron chi connectivity index (χ1n) is 6.26. The van der Waals surface area contributed by atoms with Gasteiger partial charge in [0.2, 0.25) is 0 Å². The Balaban J connectivity index is 2.19. The van der Waals surface area contributed by atoms with Gasteiger partial charge in [-0.1, -0.05) is 11.3 Å². The topological polar surface area (TPSA) is 50.9 Å². The number of hydrogen-bond donors (Lipinski definition) is 1. The number of halogens is 2. The third-order valence-electron chi connectivity index (χ3n) is 3.06. The summed E-state index contributed by atoms with van der Waals surface area (Å²) in [5.74, 6) is -0.771. The van der Waals surface area contributed by atoms with Crippen molar-refractivity contribution in [2.24, 2.45) is 0 Å². The van der Waals surface area contributed by atoms with Crippen molar-refractivity contribution >= 4 is 0 Å². The molecule has 1 aromatic heterocycles. The molecule has 0 spiro atoms. The maximum Gasteiger partial charge on any atom is 0.125 e. The standard InChI is InChI=1S/C15H11F2N3O/c16-11-6-4-10(5-7-11)15-14(9-21)18-19-20(15)13-3-1-2-12(17)8-13/h1-8,21H,9H2. The van der Waals surface area contributed by atoms with Gasteiger partial charge in [0.1, 0.15) is 23.0 Å². The highest BCUT2D eigenvalue weighted by Crippen LogP contribution is 2.25. The summed E-state index contributed by atoms with van der Waals surface area (Å²) in [6.07, 6.45) is 0. The second-order valence-electron chi connectivity index (χ2n) is 4.44. The lowest BCUT2D eigenvalue weighted by molar-refractivity contribution is 0.277. The Hall–Kier alpha value is -2.60. The van der Waals surface area contributed by atoms with Crippen molar-refractivity contribution in [3.63, 3.8) is 0 Å². The van der Waals surface area contributed by atoms with Crippen LogP contribution in [0.5, 0.6) is 0 Å². The molecule has 0 fully saturated rings. The van der Waals surface area contributed by atoms with Gasteiger partial charge < -0.3 is 5.11 Å². The predicted molar refractivity (Wildman–Crippen MR) is 72.6 cm³/mol. The Morgan fingerprint density at radius 1 is 1.00 bits per heavy atom. The fourth-order valence-electron chi connectivity index (χ4n) is 2.10. The maximum absolute atomic E-state index is 13.4. The molecule has 0 saturated carbocycles. The summed E-state index contributed by atoms with van der Waals surface area (Å²) >= 11 is 0. The van der Waals surface area contributed by atoms with Gasteiger partial charge in [-0.3, -0.25) is 0 Å². The summed E-state index contributed by atoms with van der Waals surface area (Å²) in [4.78, 5) is 0. The number of nitrogens with zero attached hydrogens (tertiary/aromatic N) is 3. The van der Waals surface area contributed by atoms with Crippen LogP contribution in [0.3, 0.4) is 0 Å². The van der Waals surface area contributed by atoms with Crippen LogP contribution in [-0.4, -0.2) is 20.1 Å². The zero-order chi connectivity index (χ0) is 14.8. The molecule has 106 valence electrons. The molecule has 0 saturated heterocycles. The van der Waals surface area contributed by atoms with Crippen LogP contribution in [0.25, 0.3) is 16.9 Å². The van der Waals surface area contributed by atoms with Gasteiger partial charge >= 0.3 is 0 Å². The van der Waals surface area contributed by atoms with E-state index in [0.717, 1.165) is 0 Å². The molecule has 2 aromatic carbocycles. The van der Waals surface area contributed by atoms with Crippen molar-refractivity contribution in [3.8, 4) is 16.9 Å². The van der Waals surface area contributed by atoms with Crippen molar-refractivity contribution < 1.29 is 13.9 Å². The van der Waals surface area contributed by atoms with Gasteiger partial charge in [0, 0.05) is 5.56 Å². The van der Waals surface area contributed by atoms with Crippen LogP contribution in [0, 0.1) is 11.6 Å². The molecule has 0 bridgehead atoms. The van der Waals surface area contributed by atoms with Crippen LogP contribution in [0.15, 0.2) is 48.5 Å². The number of aromatic nitrogens is 3. The minimum Gasteiger partial charge on any atom is -0.390 e. The molecular formula is C15H11F2N3O. The highest BCUT2D eigenvalue weighted by Gasteiger charge is 2.16. The van der Waals surface area contributed by atoms with E-state index in [1.165, 1.54) is 28.9 Å². The van der Waals surface area contributed by atoms with E-state index in [1.54, 1.807) is 24.3 Å². The normalized spacial score (nSPS) is 10.8. The summed E-state index contributed by atoms with van der Waals surface area (Å²) in [5.41, 5.74) is 1.95. The molecule has 0 amide bonds. The molecular weight excluding hydrogens is 276 g/mol. The number of aliphatic hydroxyl groups is 1. The first-order valence-corrected chi connectivity index (χ1v) is 6.26.